The van der Waals surface area contributed by atoms with E-state index in [-0.39, 0.29) is 0 Å². The molecule has 0 bridgehead atoms. The Hall–Kier alpha value is -2.42. The van der Waals surface area contributed by atoms with Gasteiger partial charge in [0.1, 0.15) is 12.4 Å². The number of ether oxygens (including phenoxy) is 2. The van der Waals surface area contributed by atoms with Gasteiger partial charge in [-0.3, -0.25) is 9.88 Å². The molecule has 1 aromatic heterocycles. The maximum absolute atomic E-state index is 8.68. The van der Waals surface area contributed by atoms with Crippen molar-refractivity contribution in [2.75, 3.05) is 39.5 Å². The zero-order valence-corrected chi connectivity index (χ0v) is 13.6. The van der Waals surface area contributed by atoms with Crippen LogP contribution < -0.4 is 4.74 Å². The Bertz CT molecular complexity index is 671. The number of pyridine rings is 1. The maximum Gasteiger partial charge on any atom is 0.119 e. The van der Waals surface area contributed by atoms with Gasteiger partial charge in [0.2, 0.25) is 0 Å². The highest BCUT2D eigenvalue weighted by atomic mass is 16.5. The van der Waals surface area contributed by atoms with Gasteiger partial charge in [0.15, 0.2) is 0 Å². The van der Waals surface area contributed by atoms with Gasteiger partial charge in [-0.25, -0.2) is 0 Å². The first-order chi connectivity index (χ1) is 11.8. The molecule has 124 valence electrons. The lowest BCUT2D eigenvalue weighted by atomic mass is 10.1. The molecule has 0 N–H and O–H groups in total. The maximum atomic E-state index is 8.68. The van der Waals surface area contributed by atoms with Crippen molar-refractivity contribution >= 4 is 0 Å². The van der Waals surface area contributed by atoms with Gasteiger partial charge in [0, 0.05) is 31.4 Å². The number of nitriles is 1. The van der Waals surface area contributed by atoms with Crippen LogP contribution in [0.25, 0.3) is 11.1 Å². The zero-order chi connectivity index (χ0) is 16.6. The van der Waals surface area contributed by atoms with Crippen molar-refractivity contribution in [2.45, 2.75) is 6.42 Å². The molecule has 2 aromatic rings. The van der Waals surface area contributed by atoms with Crippen molar-refractivity contribution in [1.82, 2.24) is 9.88 Å². The summed E-state index contributed by atoms with van der Waals surface area (Å²) in [5.41, 5.74) is 2.92. The molecule has 5 nitrogen and oxygen atoms in total. The van der Waals surface area contributed by atoms with Crippen LogP contribution in [0.1, 0.15) is 5.69 Å². The Kier molecular flexibility index (Phi) is 5.78. The summed E-state index contributed by atoms with van der Waals surface area (Å²) in [5.74, 6) is 0.876. The highest BCUT2D eigenvalue weighted by Gasteiger charge is 2.09. The van der Waals surface area contributed by atoms with Gasteiger partial charge >= 0.3 is 0 Å². The molecule has 5 heteroatoms. The van der Waals surface area contributed by atoms with E-state index < -0.39 is 0 Å². The van der Waals surface area contributed by atoms with E-state index in [1.807, 2.05) is 36.4 Å². The molecule has 1 fully saturated rings. The van der Waals surface area contributed by atoms with Gasteiger partial charge in [-0.1, -0.05) is 18.2 Å². The summed E-state index contributed by atoms with van der Waals surface area (Å²) in [6.07, 6.45) is 2.15. The monoisotopic (exact) mass is 323 g/mol. The van der Waals surface area contributed by atoms with Crippen molar-refractivity contribution in [3.63, 3.8) is 0 Å². The minimum absolute atomic E-state index is 0.343. The quantitative estimate of drug-likeness (QED) is 0.817. The molecule has 0 saturated carbocycles. The lowest BCUT2D eigenvalue weighted by Gasteiger charge is -2.26. The normalized spacial score (nSPS) is 15.0. The van der Waals surface area contributed by atoms with Crippen LogP contribution in [-0.4, -0.2) is 49.3 Å². The van der Waals surface area contributed by atoms with E-state index >= 15 is 0 Å². The third-order valence-corrected chi connectivity index (χ3v) is 4.05. The smallest absolute Gasteiger partial charge is 0.119 e. The molecule has 3 rings (SSSR count). The molecule has 0 amide bonds. The fourth-order valence-electron chi connectivity index (χ4n) is 2.64. The van der Waals surface area contributed by atoms with Crippen molar-refractivity contribution in [1.29, 1.82) is 5.26 Å². The fraction of sp³-hybridized carbons (Fsp3) is 0.368. The minimum atomic E-state index is 0.343. The van der Waals surface area contributed by atoms with Crippen LogP contribution in [0.5, 0.6) is 5.75 Å². The fourth-order valence-corrected chi connectivity index (χ4v) is 2.64. The van der Waals surface area contributed by atoms with Gasteiger partial charge in [-0.05, 0) is 23.8 Å². The van der Waals surface area contributed by atoms with Crippen LogP contribution in [0.2, 0.25) is 0 Å². The Morgan fingerprint density at radius 3 is 2.50 bits per heavy atom. The SMILES string of the molecule is N#CCc1ccc(-c2ccc(OCCN3CCOCC3)cc2)cn1. The van der Waals surface area contributed by atoms with Crippen LogP contribution in [0.15, 0.2) is 42.6 Å². The van der Waals surface area contributed by atoms with Crippen LogP contribution >= 0.6 is 0 Å². The van der Waals surface area contributed by atoms with Gasteiger partial charge < -0.3 is 9.47 Å². The number of rotatable bonds is 6. The minimum Gasteiger partial charge on any atom is -0.492 e. The predicted molar refractivity (Wildman–Crippen MR) is 91.7 cm³/mol. The predicted octanol–water partition coefficient (Wildman–Crippen LogP) is 2.53. The summed E-state index contributed by atoms with van der Waals surface area (Å²) in [5, 5.41) is 8.68. The topological polar surface area (TPSA) is 58.4 Å². The molecular formula is C19H21N3O2. The summed E-state index contributed by atoms with van der Waals surface area (Å²) in [7, 11) is 0. The van der Waals surface area contributed by atoms with Crippen molar-refractivity contribution in [3.05, 3.63) is 48.3 Å². The number of aromatic nitrogens is 1. The van der Waals surface area contributed by atoms with Crippen molar-refractivity contribution < 1.29 is 9.47 Å². The second-order valence-electron chi connectivity index (χ2n) is 5.70. The Labute approximate surface area is 142 Å². The molecule has 1 aliphatic rings. The third kappa shape index (κ3) is 4.54. The number of benzene rings is 1. The Morgan fingerprint density at radius 1 is 1.08 bits per heavy atom. The molecule has 0 atom stereocenters. The first kappa shape index (κ1) is 16.4. The first-order valence-electron chi connectivity index (χ1n) is 8.20. The molecule has 0 radical (unpaired) electrons. The van der Waals surface area contributed by atoms with Crippen LogP contribution in [0.4, 0.5) is 0 Å². The lowest BCUT2D eigenvalue weighted by Crippen LogP contribution is -2.38. The molecule has 0 unspecified atom stereocenters. The van der Waals surface area contributed by atoms with E-state index in [4.69, 9.17) is 14.7 Å². The summed E-state index contributed by atoms with van der Waals surface area (Å²) >= 11 is 0. The van der Waals surface area contributed by atoms with Crippen LogP contribution in [-0.2, 0) is 11.2 Å². The zero-order valence-electron chi connectivity index (χ0n) is 13.6. The number of hydrogen-bond acceptors (Lipinski definition) is 5. The molecule has 1 aliphatic heterocycles. The largest absolute Gasteiger partial charge is 0.492 e. The average molecular weight is 323 g/mol. The summed E-state index contributed by atoms with van der Waals surface area (Å²) < 4.78 is 11.2. The molecule has 24 heavy (non-hydrogen) atoms. The third-order valence-electron chi connectivity index (χ3n) is 4.05. The Morgan fingerprint density at radius 2 is 1.83 bits per heavy atom. The molecule has 0 aliphatic carbocycles. The van der Waals surface area contributed by atoms with E-state index in [0.29, 0.717) is 13.0 Å². The molecule has 1 saturated heterocycles. The highest BCUT2D eigenvalue weighted by Crippen LogP contribution is 2.22. The average Bonchev–Trinajstić information content (AvgIpc) is 2.64. The molecule has 1 aromatic carbocycles. The Balaban J connectivity index is 1.52. The van der Waals surface area contributed by atoms with Gasteiger partial charge in [-0.2, -0.15) is 5.26 Å². The highest BCUT2D eigenvalue weighted by molar-refractivity contribution is 5.63. The van der Waals surface area contributed by atoms with E-state index in [0.717, 1.165) is 55.4 Å². The molecule has 2 heterocycles. The van der Waals surface area contributed by atoms with Crippen molar-refractivity contribution in [2.24, 2.45) is 0 Å². The summed E-state index contributed by atoms with van der Waals surface area (Å²) in [6.45, 7) is 5.21. The second kappa shape index (κ2) is 8.44. The van der Waals surface area contributed by atoms with Crippen LogP contribution in [0, 0.1) is 11.3 Å². The van der Waals surface area contributed by atoms with Gasteiger partial charge in [0.25, 0.3) is 0 Å². The first-order valence-corrected chi connectivity index (χ1v) is 8.20. The number of hydrogen-bond donors (Lipinski definition) is 0. The van der Waals surface area contributed by atoms with E-state index in [1.54, 1.807) is 6.20 Å². The van der Waals surface area contributed by atoms with Crippen molar-refractivity contribution in [3.8, 4) is 22.9 Å². The second-order valence-corrected chi connectivity index (χ2v) is 5.70. The van der Waals surface area contributed by atoms with E-state index in [1.165, 1.54) is 0 Å². The van der Waals surface area contributed by atoms with E-state index in [2.05, 4.69) is 16.0 Å². The summed E-state index contributed by atoms with van der Waals surface area (Å²) in [6, 6.07) is 14.0. The van der Waals surface area contributed by atoms with Crippen LogP contribution in [0.3, 0.4) is 0 Å². The summed E-state index contributed by atoms with van der Waals surface area (Å²) in [4.78, 5) is 6.65. The molecular weight excluding hydrogens is 302 g/mol. The van der Waals surface area contributed by atoms with Gasteiger partial charge in [-0.15, -0.1) is 0 Å². The number of morpholine rings is 1. The standard InChI is InChI=1S/C19H21N3O2/c20-8-7-18-4-1-17(15-21-18)16-2-5-19(6-3-16)24-14-11-22-9-12-23-13-10-22/h1-6,15H,7,9-14H2. The van der Waals surface area contributed by atoms with Gasteiger partial charge in [0.05, 0.1) is 31.4 Å². The number of nitrogens with zero attached hydrogens (tertiary/aromatic N) is 3. The lowest BCUT2D eigenvalue weighted by molar-refractivity contribution is 0.0322. The van der Waals surface area contributed by atoms with E-state index in [9.17, 15) is 0 Å². The molecule has 0 spiro atoms.